The van der Waals surface area contributed by atoms with Gasteiger partial charge in [0.2, 0.25) is 0 Å². The average Bonchev–Trinajstić information content (AvgIpc) is 3.92. The molecular formula is C47H36N6. The topological polar surface area (TPSA) is 53.5 Å². The van der Waals surface area contributed by atoms with E-state index in [-0.39, 0.29) is 0 Å². The third-order valence-corrected chi connectivity index (χ3v) is 9.60. The molecule has 0 aliphatic heterocycles. The third-order valence-electron chi connectivity index (χ3n) is 9.60. The van der Waals surface area contributed by atoms with Gasteiger partial charge in [0, 0.05) is 33.8 Å². The molecule has 0 aliphatic rings. The van der Waals surface area contributed by atoms with Gasteiger partial charge in [0.25, 0.3) is 0 Å². The molecule has 0 aliphatic carbocycles. The van der Waals surface area contributed by atoms with Crippen molar-refractivity contribution in [1.82, 2.24) is 28.7 Å². The Morgan fingerprint density at radius 3 is 1.42 bits per heavy atom. The van der Waals surface area contributed by atoms with Gasteiger partial charge in [-0.25, -0.2) is 15.0 Å². The van der Waals surface area contributed by atoms with E-state index in [4.69, 9.17) is 15.0 Å². The van der Waals surface area contributed by atoms with E-state index in [1.807, 2.05) is 42.5 Å². The molecule has 0 bridgehead atoms. The Morgan fingerprint density at radius 2 is 0.925 bits per heavy atom. The summed E-state index contributed by atoms with van der Waals surface area (Å²) in [5.74, 6) is 2.52. The lowest BCUT2D eigenvalue weighted by atomic mass is 10.0. The van der Waals surface area contributed by atoms with Crippen molar-refractivity contribution in [2.24, 2.45) is 0 Å². The highest BCUT2D eigenvalue weighted by atomic mass is 15.1. The lowest BCUT2D eigenvalue weighted by Crippen LogP contribution is -2.02. The molecule has 6 heteroatoms. The first-order valence-corrected chi connectivity index (χ1v) is 17.9. The second-order valence-electron chi connectivity index (χ2n) is 12.9. The Hall–Kier alpha value is -7.05. The quantitative estimate of drug-likeness (QED) is 0.142. The van der Waals surface area contributed by atoms with E-state index in [1.54, 1.807) is 6.08 Å². The molecule has 3 aromatic heterocycles. The Balaban J connectivity index is 1.38. The van der Waals surface area contributed by atoms with Crippen LogP contribution in [0, 0.1) is 0 Å². The monoisotopic (exact) mass is 684 g/mol. The van der Waals surface area contributed by atoms with E-state index in [0.29, 0.717) is 0 Å². The smallest absolute Gasteiger partial charge is 0.145 e. The van der Waals surface area contributed by atoms with Gasteiger partial charge in [0.15, 0.2) is 0 Å². The number of para-hydroxylation sites is 8. The maximum atomic E-state index is 5.32. The maximum absolute atomic E-state index is 5.32. The summed E-state index contributed by atoms with van der Waals surface area (Å²) in [7, 11) is 0. The first-order valence-electron chi connectivity index (χ1n) is 17.9. The summed E-state index contributed by atoms with van der Waals surface area (Å²) in [5.41, 5.74) is 12.0. The van der Waals surface area contributed by atoms with Crippen LogP contribution in [0.3, 0.4) is 0 Å². The Kier molecular flexibility index (Phi) is 8.18. The van der Waals surface area contributed by atoms with Crippen molar-refractivity contribution in [3.05, 3.63) is 183 Å². The zero-order chi connectivity index (χ0) is 35.7. The van der Waals surface area contributed by atoms with E-state index >= 15 is 0 Å². The van der Waals surface area contributed by atoms with Crippen LogP contribution in [0.1, 0.15) is 13.3 Å². The minimum Gasteiger partial charge on any atom is -0.296 e. The molecule has 0 N–H and O–H groups in total. The molecule has 9 aromatic rings. The van der Waals surface area contributed by atoms with Crippen LogP contribution in [0.5, 0.6) is 0 Å². The zero-order valence-electron chi connectivity index (χ0n) is 29.3. The number of aromatic nitrogens is 6. The number of fused-ring (bicyclic) bond motifs is 3. The highest BCUT2D eigenvalue weighted by Crippen LogP contribution is 2.38. The minimum absolute atomic E-state index is 0.801. The summed E-state index contributed by atoms with van der Waals surface area (Å²) in [6.07, 6.45) is 8.73. The van der Waals surface area contributed by atoms with Gasteiger partial charge in [-0.2, -0.15) is 0 Å². The van der Waals surface area contributed by atoms with Gasteiger partial charge >= 0.3 is 0 Å². The highest BCUT2D eigenvalue weighted by Gasteiger charge is 2.22. The summed E-state index contributed by atoms with van der Waals surface area (Å²) in [6.45, 7) is 6.06. The molecule has 0 spiro atoms. The molecule has 9 rings (SSSR count). The van der Waals surface area contributed by atoms with Crippen molar-refractivity contribution < 1.29 is 0 Å². The molecule has 3 heterocycles. The normalized spacial score (nSPS) is 12.1. The van der Waals surface area contributed by atoms with Gasteiger partial charge < -0.3 is 0 Å². The van der Waals surface area contributed by atoms with Gasteiger partial charge in [-0.15, -0.1) is 0 Å². The predicted molar refractivity (Wildman–Crippen MR) is 219 cm³/mol. The summed E-state index contributed by atoms with van der Waals surface area (Å²) < 4.78 is 6.78. The molecule has 0 saturated carbocycles. The molecule has 6 aromatic carbocycles. The van der Waals surface area contributed by atoms with Crippen molar-refractivity contribution >= 4 is 38.8 Å². The second kappa shape index (κ2) is 13.6. The second-order valence-corrected chi connectivity index (χ2v) is 12.9. The van der Waals surface area contributed by atoms with Crippen LogP contribution in [0.25, 0.3) is 84.3 Å². The van der Waals surface area contributed by atoms with Crippen molar-refractivity contribution in [3.8, 4) is 45.5 Å². The van der Waals surface area contributed by atoms with Crippen LogP contribution in [0.15, 0.2) is 183 Å². The van der Waals surface area contributed by atoms with Crippen molar-refractivity contribution in [3.63, 3.8) is 0 Å². The third kappa shape index (κ3) is 5.67. The first kappa shape index (κ1) is 31.9. The van der Waals surface area contributed by atoms with Crippen LogP contribution in [0.2, 0.25) is 0 Å². The van der Waals surface area contributed by atoms with Crippen LogP contribution < -0.4 is 0 Å². The van der Waals surface area contributed by atoms with E-state index in [0.717, 1.165) is 90.8 Å². The van der Waals surface area contributed by atoms with Crippen LogP contribution in [0.4, 0.5) is 0 Å². The van der Waals surface area contributed by atoms with Crippen molar-refractivity contribution in [1.29, 1.82) is 0 Å². The van der Waals surface area contributed by atoms with Crippen LogP contribution in [-0.4, -0.2) is 28.7 Å². The zero-order valence-corrected chi connectivity index (χ0v) is 29.3. The number of rotatable bonds is 9. The van der Waals surface area contributed by atoms with E-state index in [9.17, 15) is 0 Å². The van der Waals surface area contributed by atoms with Crippen LogP contribution in [-0.2, 0) is 0 Å². The largest absolute Gasteiger partial charge is 0.296 e. The summed E-state index contributed by atoms with van der Waals surface area (Å²) >= 11 is 0. The summed E-state index contributed by atoms with van der Waals surface area (Å²) in [6, 6.07) is 52.5. The lowest BCUT2D eigenvalue weighted by Gasteiger charge is -2.16. The van der Waals surface area contributed by atoms with Crippen molar-refractivity contribution in [2.75, 3.05) is 0 Å². The van der Waals surface area contributed by atoms with Gasteiger partial charge in [-0.3, -0.25) is 13.7 Å². The van der Waals surface area contributed by atoms with Crippen molar-refractivity contribution in [2.45, 2.75) is 13.3 Å². The fourth-order valence-electron chi connectivity index (χ4n) is 7.24. The number of imidazole rings is 3. The molecule has 0 amide bonds. The van der Waals surface area contributed by atoms with Crippen LogP contribution >= 0.6 is 0 Å². The average molecular weight is 685 g/mol. The molecule has 53 heavy (non-hydrogen) atoms. The molecule has 0 fully saturated rings. The first-order chi connectivity index (χ1) is 26.2. The summed E-state index contributed by atoms with van der Waals surface area (Å²) in [4.78, 5) is 15.9. The molecule has 0 unspecified atom stereocenters. The number of nitrogens with zero attached hydrogens (tertiary/aromatic N) is 6. The molecule has 0 atom stereocenters. The molecule has 254 valence electrons. The number of allylic oxidation sites excluding steroid dienone is 5. The Labute approximate surface area is 308 Å². The Morgan fingerprint density at radius 1 is 0.509 bits per heavy atom. The molecule has 0 saturated heterocycles. The standard InChI is InChI=1S/C47H36N6/c1-3-5-8-19-36(4-2)51-42-27-16-13-24-39(42)48-45(51)33-30-34(46-49-40-25-14-17-28-43(40)52(46)37-20-9-6-10-21-37)32-35(31-33)47-50-41-26-15-18-29-44(41)53(47)38-22-11-7-12-23-38/h3,5-32H,1,4H2,2H3/b8-5-,36-19+. The fraction of sp³-hybridized carbons (Fsp3) is 0.0426. The van der Waals surface area contributed by atoms with Gasteiger partial charge in [-0.05, 0) is 91.4 Å². The van der Waals surface area contributed by atoms with Gasteiger partial charge in [0.05, 0.1) is 33.1 Å². The van der Waals surface area contributed by atoms with Gasteiger partial charge in [0.1, 0.15) is 17.5 Å². The van der Waals surface area contributed by atoms with E-state index in [2.05, 4.69) is 155 Å². The molecule has 6 nitrogen and oxygen atoms in total. The lowest BCUT2D eigenvalue weighted by molar-refractivity contribution is 1.04. The number of benzene rings is 6. The predicted octanol–water partition coefficient (Wildman–Crippen LogP) is 11.7. The molecule has 0 radical (unpaired) electrons. The number of hydrogen-bond acceptors (Lipinski definition) is 3. The maximum Gasteiger partial charge on any atom is 0.145 e. The Bertz CT molecular complexity index is 2700. The summed E-state index contributed by atoms with van der Waals surface area (Å²) in [5, 5.41) is 0. The molecular weight excluding hydrogens is 649 g/mol. The minimum atomic E-state index is 0.801. The van der Waals surface area contributed by atoms with Gasteiger partial charge in [-0.1, -0.05) is 105 Å². The SMILES string of the molecule is C=C/C=C\C=C(/CC)n1c(-c2cc(-c3nc4ccccc4n3-c3ccccc3)cc(-c3nc4ccccc4n3-c3ccccc3)c2)nc2ccccc21. The van der Waals surface area contributed by atoms with E-state index in [1.165, 1.54) is 0 Å². The van der Waals surface area contributed by atoms with E-state index < -0.39 is 0 Å². The highest BCUT2D eigenvalue weighted by molar-refractivity contribution is 5.90. The number of hydrogen-bond donors (Lipinski definition) is 0. The fourth-order valence-corrected chi connectivity index (χ4v) is 7.24.